The molecule has 0 unspecified atom stereocenters. The van der Waals surface area contributed by atoms with Gasteiger partial charge in [0.1, 0.15) is 22.3 Å². The van der Waals surface area contributed by atoms with Crippen molar-refractivity contribution in [3.63, 3.8) is 0 Å². The number of aromatic nitrogens is 2. The molecule has 0 bridgehead atoms. The van der Waals surface area contributed by atoms with Crippen LogP contribution in [-0.4, -0.2) is 21.4 Å². The fourth-order valence-electron chi connectivity index (χ4n) is 6.94. The number of nitrogens with zero attached hydrogens (tertiary/aromatic N) is 2. The van der Waals surface area contributed by atoms with Gasteiger partial charge in [0.05, 0.1) is 22.8 Å². The lowest BCUT2D eigenvalue weighted by molar-refractivity contribution is 0.668. The zero-order valence-electron chi connectivity index (χ0n) is 25.4. The number of para-hydroxylation sites is 2. The maximum Gasteiger partial charge on any atom is 0.160 e. The summed E-state index contributed by atoms with van der Waals surface area (Å²) >= 11 is 0. The molecule has 9 aromatic rings. The minimum atomic E-state index is 0.211. The molecule has 3 aromatic heterocycles. The Labute approximate surface area is 273 Å². The molecule has 0 fully saturated rings. The third kappa shape index (κ3) is 3.99. The van der Waals surface area contributed by atoms with Crippen molar-refractivity contribution in [1.82, 2.24) is 9.97 Å². The standard InChI is InChI=1S/C42H24N4O2/c43-33-18-14-23-9-10-24-19-27(13-15-28(24)40(23)41(33)44)42-45-34(25-11-16-31-29-5-1-3-7-36(29)47-38(31)20-25)22-35(46-42)26-12-17-32-30-6-2-4-8-37(30)48-39(32)21-26/h1-22,43-44H. The van der Waals surface area contributed by atoms with Gasteiger partial charge >= 0.3 is 0 Å². The molecule has 224 valence electrons. The third-order valence-corrected chi connectivity index (χ3v) is 9.33. The van der Waals surface area contributed by atoms with Gasteiger partial charge in [-0.1, -0.05) is 78.9 Å². The van der Waals surface area contributed by atoms with Crippen LogP contribution in [0.5, 0.6) is 0 Å². The van der Waals surface area contributed by atoms with Crippen molar-refractivity contribution >= 4 is 72.1 Å². The number of nitrogens with one attached hydrogen (secondary N) is 2. The summed E-state index contributed by atoms with van der Waals surface area (Å²) in [5.41, 5.74) is 9.71. The molecule has 3 heterocycles. The number of hydrogen-bond acceptors (Lipinski definition) is 6. The van der Waals surface area contributed by atoms with Crippen LogP contribution in [0.15, 0.2) is 136 Å². The van der Waals surface area contributed by atoms with Gasteiger partial charge in [-0.15, -0.1) is 0 Å². The van der Waals surface area contributed by atoms with E-state index in [0.717, 1.165) is 93.9 Å². The molecule has 0 saturated heterocycles. The summed E-state index contributed by atoms with van der Waals surface area (Å²) in [6.45, 7) is 0. The predicted molar refractivity (Wildman–Crippen MR) is 194 cm³/mol. The van der Waals surface area contributed by atoms with Gasteiger partial charge in [-0.3, -0.25) is 10.8 Å². The minimum absolute atomic E-state index is 0.211. The zero-order valence-corrected chi connectivity index (χ0v) is 25.4. The van der Waals surface area contributed by atoms with Crippen LogP contribution in [-0.2, 0) is 0 Å². The average molecular weight is 617 g/mol. The molecule has 1 aliphatic rings. The molecule has 0 spiro atoms. The van der Waals surface area contributed by atoms with E-state index in [1.54, 1.807) is 6.08 Å². The summed E-state index contributed by atoms with van der Waals surface area (Å²) in [5, 5.41) is 23.0. The first kappa shape index (κ1) is 26.5. The first-order valence-corrected chi connectivity index (χ1v) is 15.7. The van der Waals surface area contributed by atoms with Crippen LogP contribution in [0.4, 0.5) is 0 Å². The highest BCUT2D eigenvalue weighted by Crippen LogP contribution is 2.37. The van der Waals surface area contributed by atoms with Crippen molar-refractivity contribution in [3.8, 4) is 33.9 Å². The highest BCUT2D eigenvalue weighted by molar-refractivity contribution is 6.53. The number of hydrogen-bond donors (Lipinski definition) is 2. The molecular weight excluding hydrogens is 592 g/mol. The molecule has 48 heavy (non-hydrogen) atoms. The summed E-state index contributed by atoms with van der Waals surface area (Å²) in [4.78, 5) is 10.2. The van der Waals surface area contributed by atoms with E-state index in [2.05, 4.69) is 60.7 Å². The summed E-state index contributed by atoms with van der Waals surface area (Å²) in [5.74, 6) is 0.583. The summed E-state index contributed by atoms with van der Waals surface area (Å²) < 4.78 is 12.5. The molecule has 6 nitrogen and oxygen atoms in total. The Kier molecular flexibility index (Phi) is 5.49. The summed E-state index contributed by atoms with van der Waals surface area (Å²) in [6, 6.07) is 40.8. The maximum absolute atomic E-state index is 8.59. The summed E-state index contributed by atoms with van der Waals surface area (Å²) in [7, 11) is 0. The van der Waals surface area contributed by atoms with E-state index in [9.17, 15) is 0 Å². The predicted octanol–water partition coefficient (Wildman–Crippen LogP) is 10.8. The van der Waals surface area contributed by atoms with Crippen LogP contribution in [0.1, 0.15) is 11.1 Å². The molecule has 0 amide bonds. The molecule has 0 aliphatic heterocycles. The van der Waals surface area contributed by atoms with Crippen LogP contribution in [0.2, 0.25) is 0 Å². The number of furan rings is 2. The normalized spacial score (nSPS) is 13.0. The number of allylic oxidation sites excluding steroid dienone is 1. The van der Waals surface area contributed by atoms with E-state index in [0.29, 0.717) is 5.82 Å². The number of fused-ring (bicyclic) bond motifs is 9. The molecule has 0 radical (unpaired) electrons. The smallest absolute Gasteiger partial charge is 0.160 e. The van der Waals surface area contributed by atoms with Crippen LogP contribution in [0, 0.1) is 10.8 Å². The fraction of sp³-hybridized carbons (Fsp3) is 0. The first-order valence-electron chi connectivity index (χ1n) is 15.7. The lowest BCUT2D eigenvalue weighted by Crippen LogP contribution is -2.16. The Morgan fingerprint density at radius 1 is 0.458 bits per heavy atom. The number of rotatable bonds is 3. The molecule has 1 aliphatic carbocycles. The highest BCUT2D eigenvalue weighted by Gasteiger charge is 2.19. The fourth-order valence-corrected chi connectivity index (χ4v) is 6.94. The van der Waals surface area contributed by atoms with E-state index < -0.39 is 0 Å². The van der Waals surface area contributed by atoms with Crippen molar-refractivity contribution in [1.29, 1.82) is 10.8 Å². The Morgan fingerprint density at radius 2 is 1.02 bits per heavy atom. The SMILES string of the molecule is N=C1C=Cc2ccc3cc(-c4nc(-c5ccc6c(c5)oc5ccccc56)cc(-c5ccc6c(c5)oc5ccccc56)n4)ccc3c2C1=N. The Bertz CT molecular complexity index is 2760. The second-order valence-corrected chi connectivity index (χ2v) is 12.2. The molecular formula is C42H24N4O2. The van der Waals surface area contributed by atoms with Crippen LogP contribution >= 0.6 is 0 Å². The Balaban J connectivity index is 1.17. The van der Waals surface area contributed by atoms with Gasteiger partial charge in [-0.2, -0.15) is 0 Å². The van der Waals surface area contributed by atoms with Gasteiger partial charge in [-0.25, -0.2) is 9.97 Å². The quantitative estimate of drug-likeness (QED) is 0.206. The lowest BCUT2D eigenvalue weighted by Gasteiger charge is -2.16. The molecule has 10 rings (SSSR count). The third-order valence-electron chi connectivity index (χ3n) is 9.33. The van der Waals surface area contributed by atoms with Crippen molar-refractivity contribution in [3.05, 3.63) is 139 Å². The molecule has 0 atom stereocenters. The largest absolute Gasteiger partial charge is 0.456 e. The second kappa shape index (κ2) is 9.92. The molecule has 2 N–H and O–H groups in total. The zero-order chi connectivity index (χ0) is 31.9. The topological polar surface area (TPSA) is 99.8 Å². The molecule has 0 saturated carbocycles. The van der Waals surface area contributed by atoms with Gasteiger partial charge in [0.25, 0.3) is 0 Å². The van der Waals surface area contributed by atoms with E-state index in [1.807, 2.05) is 66.7 Å². The molecule has 6 aromatic carbocycles. The lowest BCUT2D eigenvalue weighted by atomic mass is 9.89. The van der Waals surface area contributed by atoms with Gasteiger partial charge in [0.15, 0.2) is 5.82 Å². The van der Waals surface area contributed by atoms with Gasteiger partial charge in [0, 0.05) is 43.8 Å². The average Bonchev–Trinajstić information content (AvgIpc) is 3.70. The van der Waals surface area contributed by atoms with Crippen molar-refractivity contribution in [2.45, 2.75) is 0 Å². The second-order valence-electron chi connectivity index (χ2n) is 12.2. The van der Waals surface area contributed by atoms with E-state index >= 15 is 0 Å². The Morgan fingerprint density at radius 3 is 1.67 bits per heavy atom. The van der Waals surface area contributed by atoms with Crippen molar-refractivity contribution in [2.75, 3.05) is 0 Å². The minimum Gasteiger partial charge on any atom is -0.456 e. The highest BCUT2D eigenvalue weighted by atomic mass is 16.3. The van der Waals surface area contributed by atoms with Crippen LogP contribution in [0.25, 0.3) is 94.6 Å². The van der Waals surface area contributed by atoms with Crippen LogP contribution < -0.4 is 0 Å². The monoisotopic (exact) mass is 616 g/mol. The summed E-state index contributed by atoms with van der Waals surface area (Å²) in [6.07, 6.45) is 3.58. The van der Waals surface area contributed by atoms with E-state index in [-0.39, 0.29) is 11.4 Å². The first-order chi connectivity index (χ1) is 23.6. The van der Waals surface area contributed by atoms with Crippen LogP contribution in [0.3, 0.4) is 0 Å². The van der Waals surface area contributed by atoms with Gasteiger partial charge in [-0.05, 0) is 70.9 Å². The van der Waals surface area contributed by atoms with E-state index in [4.69, 9.17) is 29.6 Å². The van der Waals surface area contributed by atoms with Gasteiger partial charge in [0.2, 0.25) is 0 Å². The van der Waals surface area contributed by atoms with Gasteiger partial charge < -0.3 is 8.83 Å². The Hall–Kier alpha value is -6.66. The maximum atomic E-state index is 8.59. The number of benzene rings is 6. The van der Waals surface area contributed by atoms with Crippen molar-refractivity contribution < 1.29 is 8.83 Å². The van der Waals surface area contributed by atoms with E-state index in [1.165, 1.54) is 0 Å². The molecule has 6 heteroatoms. The van der Waals surface area contributed by atoms with Crippen molar-refractivity contribution in [2.24, 2.45) is 0 Å².